The number of carbonyl (C=O) groups is 2. The smallest absolute Gasteiger partial charge is 0.344 e. The van der Waals surface area contributed by atoms with Gasteiger partial charge in [-0.05, 0) is 50.6 Å². The van der Waals surface area contributed by atoms with E-state index in [2.05, 4.69) is 5.32 Å². The van der Waals surface area contributed by atoms with Crippen molar-refractivity contribution in [1.82, 2.24) is 0 Å². The Morgan fingerprint density at radius 2 is 1.74 bits per heavy atom. The number of para-hydroxylation sites is 2. The SMILES string of the molecule is CCOc1ccccc1OCC(=O)O[C@H](C)C(=O)Nc1cccc(Cl)c1C. The number of carbonyl (C=O) groups excluding carboxylic acids is 2. The van der Waals surface area contributed by atoms with Crippen molar-refractivity contribution >= 4 is 29.2 Å². The van der Waals surface area contributed by atoms with Gasteiger partial charge in [0, 0.05) is 10.7 Å². The van der Waals surface area contributed by atoms with Crippen LogP contribution in [0.4, 0.5) is 5.69 Å². The number of esters is 1. The van der Waals surface area contributed by atoms with Gasteiger partial charge in [0.2, 0.25) is 0 Å². The largest absolute Gasteiger partial charge is 0.490 e. The fourth-order valence-electron chi connectivity index (χ4n) is 2.24. The Bertz CT molecular complexity index is 809. The van der Waals surface area contributed by atoms with Crippen molar-refractivity contribution in [1.29, 1.82) is 0 Å². The molecule has 7 heteroatoms. The molecule has 1 amide bonds. The number of nitrogens with one attached hydrogen (secondary N) is 1. The van der Waals surface area contributed by atoms with Crippen molar-refractivity contribution in [3.8, 4) is 11.5 Å². The number of amides is 1. The zero-order valence-corrected chi connectivity index (χ0v) is 16.2. The molecule has 27 heavy (non-hydrogen) atoms. The van der Waals surface area contributed by atoms with Crippen LogP contribution >= 0.6 is 11.6 Å². The second-order valence-electron chi connectivity index (χ2n) is 5.70. The van der Waals surface area contributed by atoms with E-state index in [9.17, 15) is 9.59 Å². The van der Waals surface area contributed by atoms with Crippen molar-refractivity contribution < 1.29 is 23.8 Å². The predicted molar refractivity (Wildman–Crippen MR) is 103 cm³/mol. The Labute approximate surface area is 163 Å². The second-order valence-corrected chi connectivity index (χ2v) is 6.11. The van der Waals surface area contributed by atoms with Crippen LogP contribution in [0.2, 0.25) is 5.02 Å². The monoisotopic (exact) mass is 391 g/mol. The molecule has 0 aliphatic rings. The van der Waals surface area contributed by atoms with Gasteiger partial charge in [-0.3, -0.25) is 4.79 Å². The summed E-state index contributed by atoms with van der Waals surface area (Å²) in [6.07, 6.45) is -0.985. The lowest BCUT2D eigenvalue weighted by atomic mass is 10.2. The molecule has 0 radical (unpaired) electrons. The normalized spacial score (nSPS) is 11.4. The van der Waals surface area contributed by atoms with Gasteiger partial charge in [0.05, 0.1) is 6.61 Å². The molecule has 6 nitrogen and oxygen atoms in total. The average molecular weight is 392 g/mol. The molecular formula is C20H22ClNO5. The predicted octanol–water partition coefficient (Wildman–Crippen LogP) is 4.00. The van der Waals surface area contributed by atoms with E-state index in [1.807, 2.05) is 6.92 Å². The van der Waals surface area contributed by atoms with Gasteiger partial charge in [0.1, 0.15) is 0 Å². The molecule has 0 saturated carbocycles. The molecule has 1 N–H and O–H groups in total. The van der Waals surface area contributed by atoms with Gasteiger partial charge in [-0.25, -0.2) is 4.79 Å². The van der Waals surface area contributed by atoms with Gasteiger partial charge in [-0.15, -0.1) is 0 Å². The average Bonchev–Trinajstić information content (AvgIpc) is 2.65. The molecule has 0 saturated heterocycles. The number of ether oxygens (including phenoxy) is 3. The lowest BCUT2D eigenvalue weighted by Gasteiger charge is -2.16. The van der Waals surface area contributed by atoms with Gasteiger partial charge in [-0.2, -0.15) is 0 Å². The van der Waals surface area contributed by atoms with Crippen LogP contribution < -0.4 is 14.8 Å². The summed E-state index contributed by atoms with van der Waals surface area (Å²) in [6.45, 7) is 5.27. The minimum atomic E-state index is -0.985. The van der Waals surface area contributed by atoms with E-state index >= 15 is 0 Å². The summed E-state index contributed by atoms with van der Waals surface area (Å²) < 4.78 is 16.0. The fraction of sp³-hybridized carbons (Fsp3) is 0.300. The number of hydrogen-bond acceptors (Lipinski definition) is 5. The first-order chi connectivity index (χ1) is 12.9. The van der Waals surface area contributed by atoms with Crippen LogP contribution in [-0.2, 0) is 14.3 Å². The van der Waals surface area contributed by atoms with Crippen LogP contribution in [0.1, 0.15) is 19.4 Å². The zero-order valence-electron chi connectivity index (χ0n) is 15.5. The first kappa shape index (κ1) is 20.6. The van der Waals surface area contributed by atoms with Crippen LogP contribution in [0.5, 0.6) is 11.5 Å². The van der Waals surface area contributed by atoms with Crippen molar-refractivity contribution in [2.75, 3.05) is 18.5 Å². The van der Waals surface area contributed by atoms with E-state index in [1.54, 1.807) is 49.4 Å². The van der Waals surface area contributed by atoms with Crippen LogP contribution in [0.3, 0.4) is 0 Å². The molecule has 0 fully saturated rings. The highest BCUT2D eigenvalue weighted by Gasteiger charge is 2.19. The van der Waals surface area contributed by atoms with Crippen molar-refractivity contribution in [2.45, 2.75) is 26.9 Å². The Hall–Kier alpha value is -2.73. The molecule has 2 aromatic carbocycles. The summed E-state index contributed by atoms with van der Waals surface area (Å²) in [5.41, 5.74) is 1.30. The lowest BCUT2D eigenvalue weighted by Crippen LogP contribution is -2.31. The van der Waals surface area contributed by atoms with Crippen molar-refractivity contribution in [3.05, 3.63) is 53.1 Å². The van der Waals surface area contributed by atoms with Gasteiger partial charge in [0.15, 0.2) is 24.2 Å². The number of anilines is 1. The Morgan fingerprint density at radius 1 is 1.07 bits per heavy atom. The molecular weight excluding hydrogens is 370 g/mol. The Kier molecular flexibility index (Phi) is 7.49. The summed E-state index contributed by atoms with van der Waals surface area (Å²) >= 11 is 6.03. The van der Waals surface area contributed by atoms with Crippen molar-refractivity contribution in [2.24, 2.45) is 0 Å². The third-order valence-electron chi connectivity index (χ3n) is 3.70. The Morgan fingerprint density at radius 3 is 2.41 bits per heavy atom. The summed E-state index contributed by atoms with van der Waals surface area (Å²) in [5.74, 6) is -0.145. The second kappa shape index (κ2) is 9.83. The molecule has 0 heterocycles. The highest BCUT2D eigenvalue weighted by Crippen LogP contribution is 2.26. The van der Waals surface area contributed by atoms with Gasteiger partial charge < -0.3 is 19.5 Å². The topological polar surface area (TPSA) is 73.9 Å². The zero-order chi connectivity index (χ0) is 19.8. The summed E-state index contributed by atoms with van der Waals surface area (Å²) in [7, 11) is 0. The standard InChI is InChI=1S/C20H22ClNO5/c1-4-25-17-10-5-6-11-18(17)26-12-19(23)27-14(3)20(24)22-16-9-7-8-15(21)13(16)2/h5-11,14H,4,12H2,1-3H3,(H,22,24)/t14-/m1/s1. The molecule has 0 aromatic heterocycles. The van der Waals surface area contributed by atoms with E-state index in [0.717, 1.165) is 5.56 Å². The molecule has 144 valence electrons. The van der Waals surface area contributed by atoms with Gasteiger partial charge in [0.25, 0.3) is 5.91 Å². The van der Waals surface area contributed by atoms with E-state index in [0.29, 0.717) is 28.8 Å². The fourth-order valence-corrected chi connectivity index (χ4v) is 2.42. The van der Waals surface area contributed by atoms with E-state index in [4.69, 9.17) is 25.8 Å². The third-order valence-corrected chi connectivity index (χ3v) is 4.11. The molecule has 1 atom stereocenters. The number of benzene rings is 2. The van der Waals surface area contributed by atoms with E-state index in [1.165, 1.54) is 6.92 Å². The molecule has 2 aromatic rings. The maximum absolute atomic E-state index is 12.2. The quantitative estimate of drug-likeness (QED) is 0.688. The van der Waals surface area contributed by atoms with Crippen LogP contribution in [-0.4, -0.2) is 31.2 Å². The Balaban J connectivity index is 1.88. The van der Waals surface area contributed by atoms with Crippen LogP contribution in [0.25, 0.3) is 0 Å². The first-order valence-corrected chi connectivity index (χ1v) is 8.90. The molecule has 0 aliphatic heterocycles. The first-order valence-electron chi connectivity index (χ1n) is 8.52. The van der Waals surface area contributed by atoms with Crippen LogP contribution in [0, 0.1) is 6.92 Å². The lowest BCUT2D eigenvalue weighted by molar-refractivity contribution is -0.155. The highest BCUT2D eigenvalue weighted by atomic mass is 35.5. The maximum Gasteiger partial charge on any atom is 0.344 e. The summed E-state index contributed by atoms with van der Waals surface area (Å²) in [5, 5.41) is 3.23. The van der Waals surface area contributed by atoms with Gasteiger partial charge in [-0.1, -0.05) is 29.8 Å². The molecule has 0 unspecified atom stereocenters. The third kappa shape index (κ3) is 5.89. The minimum absolute atomic E-state index is 0.335. The maximum atomic E-state index is 12.2. The van der Waals surface area contributed by atoms with Gasteiger partial charge >= 0.3 is 5.97 Å². The number of hydrogen-bond donors (Lipinski definition) is 1. The molecule has 2 rings (SSSR count). The summed E-state index contributed by atoms with van der Waals surface area (Å²) in [4.78, 5) is 24.2. The van der Waals surface area contributed by atoms with E-state index in [-0.39, 0.29) is 6.61 Å². The van der Waals surface area contributed by atoms with Crippen LogP contribution in [0.15, 0.2) is 42.5 Å². The van der Waals surface area contributed by atoms with E-state index < -0.39 is 18.0 Å². The van der Waals surface area contributed by atoms with Crippen molar-refractivity contribution in [3.63, 3.8) is 0 Å². The molecule has 0 bridgehead atoms. The summed E-state index contributed by atoms with van der Waals surface area (Å²) in [6, 6.07) is 12.2. The highest BCUT2D eigenvalue weighted by molar-refractivity contribution is 6.31. The number of rotatable bonds is 8. The minimum Gasteiger partial charge on any atom is -0.490 e. The molecule has 0 aliphatic carbocycles. The molecule has 0 spiro atoms. The number of halogens is 1.